The third-order valence-electron chi connectivity index (χ3n) is 5.65. The topological polar surface area (TPSA) is 61.1 Å². The summed E-state index contributed by atoms with van der Waals surface area (Å²) >= 11 is 0. The Morgan fingerprint density at radius 1 is 1.00 bits per heavy atom. The van der Waals surface area contributed by atoms with Gasteiger partial charge in [-0.25, -0.2) is 4.79 Å². The normalized spacial score (nSPS) is 15.1. The third-order valence-corrected chi connectivity index (χ3v) is 5.65. The summed E-state index contributed by atoms with van der Waals surface area (Å²) in [7, 11) is 3.28. The van der Waals surface area contributed by atoms with Gasteiger partial charge in [0, 0.05) is 17.0 Å². The van der Waals surface area contributed by atoms with E-state index in [0.717, 1.165) is 64.3 Å². The number of ether oxygens (including phenoxy) is 3. The van der Waals surface area contributed by atoms with Gasteiger partial charge in [0.2, 0.25) is 0 Å². The lowest BCUT2D eigenvalue weighted by atomic mass is 10.0. The molecule has 1 aliphatic carbocycles. The Labute approximate surface area is 162 Å². The quantitative estimate of drug-likeness (QED) is 0.648. The SMILES string of the molecule is COc1ccc(OC)c(N2COc3ccc4c5c(c(=O)oc4c3C2)CCC5)c1. The third kappa shape index (κ3) is 2.52. The van der Waals surface area contributed by atoms with Crippen LogP contribution in [-0.2, 0) is 19.4 Å². The Kier molecular flexibility index (Phi) is 3.93. The van der Waals surface area contributed by atoms with E-state index >= 15 is 0 Å². The van der Waals surface area contributed by atoms with Crippen LogP contribution in [-0.4, -0.2) is 21.0 Å². The van der Waals surface area contributed by atoms with Gasteiger partial charge < -0.3 is 23.5 Å². The highest BCUT2D eigenvalue weighted by Gasteiger charge is 2.27. The molecular weight excluding hydrogens is 358 g/mol. The molecule has 0 spiro atoms. The Morgan fingerprint density at radius 2 is 1.86 bits per heavy atom. The molecule has 1 aliphatic heterocycles. The highest BCUT2D eigenvalue weighted by atomic mass is 16.5. The first-order chi connectivity index (χ1) is 13.7. The van der Waals surface area contributed by atoms with Crippen LogP contribution in [0, 0.1) is 0 Å². The standard InChI is InChI=1S/C22H21NO5/c1-25-13-6-8-20(26-2)18(10-13)23-11-17-19(27-12-23)9-7-15-14-4-3-5-16(14)22(24)28-21(15)17/h6-10H,3-5,11-12H2,1-2H3. The molecule has 5 rings (SSSR count). The second-order valence-electron chi connectivity index (χ2n) is 7.13. The predicted octanol–water partition coefficient (Wildman–Crippen LogP) is 3.66. The van der Waals surface area contributed by atoms with E-state index < -0.39 is 0 Å². The summed E-state index contributed by atoms with van der Waals surface area (Å²) < 4.78 is 22.7. The molecule has 3 aromatic rings. The van der Waals surface area contributed by atoms with Crippen molar-refractivity contribution in [3.8, 4) is 17.2 Å². The Morgan fingerprint density at radius 3 is 2.68 bits per heavy atom. The highest BCUT2D eigenvalue weighted by molar-refractivity contribution is 5.87. The van der Waals surface area contributed by atoms with Crippen LogP contribution in [0.4, 0.5) is 5.69 Å². The van der Waals surface area contributed by atoms with E-state index in [-0.39, 0.29) is 5.63 Å². The minimum atomic E-state index is -0.218. The van der Waals surface area contributed by atoms with Crippen molar-refractivity contribution in [2.45, 2.75) is 25.8 Å². The van der Waals surface area contributed by atoms with E-state index in [1.165, 1.54) is 0 Å². The molecule has 0 fully saturated rings. The molecular formula is C22H21NO5. The molecule has 0 unspecified atom stereocenters. The molecule has 144 valence electrons. The van der Waals surface area contributed by atoms with Gasteiger partial charge in [0.1, 0.15) is 22.8 Å². The summed E-state index contributed by atoms with van der Waals surface area (Å²) in [6.07, 6.45) is 2.72. The van der Waals surface area contributed by atoms with Crippen molar-refractivity contribution in [3.05, 3.63) is 57.4 Å². The smallest absolute Gasteiger partial charge is 0.339 e. The number of rotatable bonds is 3. The minimum absolute atomic E-state index is 0.218. The van der Waals surface area contributed by atoms with Gasteiger partial charge in [-0.05, 0) is 49.1 Å². The number of anilines is 1. The van der Waals surface area contributed by atoms with Crippen molar-refractivity contribution in [1.82, 2.24) is 0 Å². The van der Waals surface area contributed by atoms with Crippen molar-refractivity contribution in [2.75, 3.05) is 25.9 Å². The molecule has 28 heavy (non-hydrogen) atoms. The fraction of sp³-hybridized carbons (Fsp3) is 0.318. The predicted molar refractivity (Wildman–Crippen MR) is 106 cm³/mol. The maximum Gasteiger partial charge on any atom is 0.339 e. The summed E-state index contributed by atoms with van der Waals surface area (Å²) in [6, 6.07) is 9.66. The second kappa shape index (κ2) is 6.48. The van der Waals surface area contributed by atoms with Gasteiger partial charge >= 0.3 is 5.63 Å². The van der Waals surface area contributed by atoms with Gasteiger partial charge in [-0.15, -0.1) is 0 Å². The zero-order valence-electron chi connectivity index (χ0n) is 15.9. The first-order valence-corrected chi connectivity index (χ1v) is 9.40. The van der Waals surface area contributed by atoms with Crippen LogP contribution < -0.4 is 24.7 Å². The molecule has 6 nitrogen and oxygen atoms in total. The lowest BCUT2D eigenvalue weighted by Crippen LogP contribution is -2.32. The van der Waals surface area contributed by atoms with Crippen LogP contribution in [0.3, 0.4) is 0 Å². The number of nitrogens with zero attached hydrogens (tertiary/aromatic N) is 1. The monoisotopic (exact) mass is 379 g/mol. The van der Waals surface area contributed by atoms with Crippen molar-refractivity contribution >= 4 is 16.7 Å². The molecule has 0 radical (unpaired) electrons. The van der Waals surface area contributed by atoms with Crippen LogP contribution in [0.2, 0.25) is 0 Å². The molecule has 0 atom stereocenters. The minimum Gasteiger partial charge on any atom is -0.497 e. The number of fused-ring (bicyclic) bond motifs is 5. The first-order valence-electron chi connectivity index (χ1n) is 9.40. The lowest BCUT2D eigenvalue weighted by molar-refractivity contribution is 0.286. The molecule has 6 heteroatoms. The fourth-order valence-electron chi connectivity index (χ4n) is 4.25. The zero-order chi connectivity index (χ0) is 19.3. The molecule has 0 bridgehead atoms. The second-order valence-corrected chi connectivity index (χ2v) is 7.13. The van der Waals surface area contributed by atoms with Gasteiger partial charge in [-0.2, -0.15) is 0 Å². The van der Waals surface area contributed by atoms with Crippen LogP contribution >= 0.6 is 0 Å². The van der Waals surface area contributed by atoms with E-state index in [9.17, 15) is 4.79 Å². The van der Waals surface area contributed by atoms with Gasteiger partial charge in [0.25, 0.3) is 0 Å². The molecule has 0 saturated heterocycles. The summed E-state index contributed by atoms with van der Waals surface area (Å²) in [5.74, 6) is 2.23. The largest absolute Gasteiger partial charge is 0.497 e. The molecule has 1 aromatic heterocycles. The van der Waals surface area contributed by atoms with Crippen LogP contribution in [0.1, 0.15) is 23.1 Å². The maximum absolute atomic E-state index is 12.5. The Balaban J connectivity index is 1.64. The number of hydrogen-bond donors (Lipinski definition) is 0. The fourth-order valence-corrected chi connectivity index (χ4v) is 4.25. The van der Waals surface area contributed by atoms with Gasteiger partial charge in [-0.1, -0.05) is 0 Å². The van der Waals surface area contributed by atoms with Crippen molar-refractivity contribution in [1.29, 1.82) is 0 Å². The molecule has 0 N–H and O–H groups in total. The number of benzene rings is 2. The summed E-state index contributed by atoms with van der Waals surface area (Å²) in [5.41, 5.74) is 4.13. The molecule has 2 heterocycles. The number of methoxy groups -OCH3 is 2. The Bertz CT molecular complexity index is 1130. The van der Waals surface area contributed by atoms with Crippen molar-refractivity contribution < 1.29 is 18.6 Å². The van der Waals surface area contributed by atoms with Crippen LogP contribution in [0.25, 0.3) is 11.0 Å². The maximum atomic E-state index is 12.5. The molecule has 0 saturated carbocycles. The molecule has 2 aliphatic rings. The van der Waals surface area contributed by atoms with E-state index in [1.54, 1.807) is 14.2 Å². The van der Waals surface area contributed by atoms with E-state index in [2.05, 4.69) is 4.90 Å². The van der Waals surface area contributed by atoms with Crippen LogP contribution in [0.5, 0.6) is 17.2 Å². The molecule has 2 aromatic carbocycles. The number of hydrogen-bond acceptors (Lipinski definition) is 6. The Hall–Kier alpha value is -3.15. The van der Waals surface area contributed by atoms with Crippen molar-refractivity contribution in [3.63, 3.8) is 0 Å². The van der Waals surface area contributed by atoms with Gasteiger partial charge in [0.05, 0.1) is 32.0 Å². The van der Waals surface area contributed by atoms with E-state index in [1.807, 2.05) is 30.3 Å². The summed E-state index contributed by atoms with van der Waals surface area (Å²) in [6.45, 7) is 0.926. The van der Waals surface area contributed by atoms with Gasteiger partial charge in [-0.3, -0.25) is 0 Å². The average molecular weight is 379 g/mol. The lowest BCUT2D eigenvalue weighted by Gasteiger charge is -2.32. The van der Waals surface area contributed by atoms with E-state index in [4.69, 9.17) is 18.6 Å². The number of aryl methyl sites for hydroxylation is 1. The first kappa shape index (κ1) is 17.0. The van der Waals surface area contributed by atoms with Gasteiger partial charge in [0.15, 0.2) is 6.73 Å². The highest BCUT2D eigenvalue weighted by Crippen LogP contribution is 2.40. The summed E-state index contributed by atoms with van der Waals surface area (Å²) in [4.78, 5) is 14.5. The zero-order valence-corrected chi connectivity index (χ0v) is 15.9. The summed E-state index contributed by atoms with van der Waals surface area (Å²) in [5, 5.41) is 1.02. The van der Waals surface area contributed by atoms with E-state index in [0.29, 0.717) is 18.9 Å². The van der Waals surface area contributed by atoms with Crippen molar-refractivity contribution in [2.24, 2.45) is 0 Å². The van der Waals surface area contributed by atoms with Crippen LogP contribution in [0.15, 0.2) is 39.5 Å². The average Bonchev–Trinajstić information content (AvgIpc) is 3.24. The molecule has 0 amide bonds.